The molecule has 0 heterocycles. The van der Waals surface area contributed by atoms with E-state index in [1.165, 1.54) is 48.5 Å². The van der Waals surface area contributed by atoms with Crippen LogP contribution in [0.5, 0.6) is 0 Å². The molecule has 2 N–H and O–H groups in total. The van der Waals surface area contributed by atoms with Crippen LogP contribution in [-0.2, 0) is 20.2 Å². The van der Waals surface area contributed by atoms with E-state index in [0.717, 1.165) is 0 Å². The van der Waals surface area contributed by atoms with Gasteiger partial charge in [0.1, 0.15) is 20.2 Å². The van der Waals surface area contributed by atoms with Gasteiger partial charge in [0.05, 0.1) is 43.7 Å². The zero-order valence-electron chi connectivity index (χ0n) is 21.7. The molecule has 0 amide bonds. The molecule has 13 heteroatoms. The molecule has 0 aliphatic heterocycles. The third-order valence-corrected chi connectivity index (χ3v) is 8.18. The molecule has 0 spiro atoms. The van der Waals surface area contributed by atoms with Crippen LogP contribution >= 0.6 is 0 Å². The smallest absolute Gasteiger partial charge is 0.744 e. The van der Waals surface area contributed by atoms with Gasteiger partial charge in [0, 0.05) is 11.1 Å². The van der Waals surface area contributed by atoms with Gasteiger partial charge in [-0.2, -0.15) is 0 Å². The second-order valence-electron chi connectivity index (χ2n) is 9.27. The van der Waals surface area contributed by atoms with Crippen molar-refractivity contribution in [3.05, 3.63) is 106 Å². The Balaban J connectivity index is 0.00000387. The minimum Gasteiger partial charge on any atom is -0.744 e. The second kappa shape index (κ2) is 11.5. The van der Waals surface area contributed by atoms with Crippen molar-refractivity contribution in [2.75, 3.05) is 10.6 Å². The molecular weight excluding hydrogens is 694 g/mol. The molecule has 0 atom stereocenters. The zero-order valence-corrected chi connectivity index (χ0v) is 27.8. The molecule has 0 bridgehead atoms. The van der Waals surface area contributed by atoms with E-state index in [1.54, 1.807) is 38.1 Å². The molecule has 10 nitrogen and oxygen atoms in total. The topological polar surface area (TPSA) is 173 Å². The fraction of sp³-hybridized carbons (Fsp3) is 0.0714. The van der Waals surface area contributed by atoms with E-state index in [1.807, 2.05) is 0 Å². The first-order chi connectivity index (χ1) is 18.8. The molecule has 5 rings (SSSR count). The van der Waals surface area contributed by atoms with Crippen LogP contribution < -0.4 is 10.6 Å². The maximum absolute atomic E-state index is 13.7. The normalized spacial score (nSPS) is 12.7. The molecule has 0 unspecified atom stereocenters. The Labute approximate surface area is 276 Å². The maximum atomic E-state index is 13.7. The van der Waals surface area contributed by atoms with E-state index >= 15 is 0 Å². The number of fused-ring (bicyclic) bond motifs is 2. The average Bonchev–Trinajstić information content (AvgIpc) is 2.88. The number of benzene rings is 4. The standard InChI is InChI=1S/C28H22N2O8S2.Ba/c1-15-7-9-19(23(13-15)39(33,34)35)29-21-11-12-22(30-20-10-8-16(2)14-24(20)40(36,37)38)26-25(21)27(31)17-5-3-4-6-18(17)28(26)32;/h3-14,29-30H,1-2H3,(H,33,34,35)(H,36,37,38);/q;+2/p-2. The first-order valence-electron chi connectivity index (χ1n) is 11.8. The fourth-order valence-corrected chi connectivity index (χ4v) is 6.04. The minimum absolute atomic E-state index is 0. The Morgan fingerprint density at radius 2 is 0.902 bits per heavy atom. The zero-order chi connectivity index (χ0) is 29.0. The van der Waals surface area contributed by atoms with Crippen LogP contribution in [0, 0.1) is 13.8 Å². The molecule has 4 aromatic rings. The van der Waals surface area contributed by atoms with Crippen molar-refractivity contribution in [2.24, 2.45) is 0 Å². The van der Waals surface area contributed by atoms with Crippen LogP contribution in [0.25, 0.3) is 0 Å². The van der Waals surface area contributed by atoms with Gasteiger partial charge in [0.15, 0.2) is 11.6 Å². The van der Waals surface area contributed by atoms with Gasteiger partial charge >= 0.3 is 48.9 Å². The fourth-order valence-electron chi connectivity index (χ4n) is 4.60. The summed E-state index contributed by atoms with van der Waals surface area (Å²) in [6.45, 7) is 3.22. The van der Waals surface area contributed by atoms with E-state index in [9.17, 15) is 35.5 Å². The Kier molecular flexibility index (Phi) is 8.72. The van der Waals surface area contributed by atoms with Crippen molar-refractivity contribution < 1.29 is 35.5 Å². The molecule has 0 saturated heterocycles. The van der Waals surface area contributed by atoms with Gasteiger partial charge in [-0.05, 0) is 61.4 Å². The van der Waals surface area contributed by atoms with Crippen molar-refractivity contribution in [2.45, 2.75) is 23.6 Å². The van der Waals surface area contributed by atoms with E-state index in [2.05, 4.69) is 10.6 Å². The number of hydrogen-bond donors (Lipinski definition) is 2. The number of carbonyl (C=O) groups excluding carboxylic acids is 2. The molecule has 0 aromatic heterocycles. The van der Waals surface area contributed by atoms with Crippen molar-refractivity contribution in [3.8, 4) is 0 Å². The van der Waals surface area contributed by atoms with Crippen LogP contribution in [-0.4, -0.2) is 86.4 Å². The largest absolute Gasteiger partial charge is 2.00 e. The van der Waals surface area contributed by atoms with Crippen molar-refractivity contribution in [1.82, 2.24) is 0 Å². The molecule has 1 aliphatic rings. The maximum Gasteiger partial charge on any atom is 2.00 e. The second-order valence-corrected chi connectivity index (χ2v) is 12.0. The Morgan fingerprint density at radius 1 is 0.561 bits per heavy atom. The summed E-state index contributed by atoms with van der Waals surface area (Å²) in [7, 11) is -9.81. The van der Waals surface area contributed by atoms with Gasteiger partial charge in [0.25, 0.3) is 0 Å². The Hall–Kier alpha value is -2.79. The number of carbonyl (C=O) groups is 2. The quantitative estimate of drug-likeness (QED) is 0.194. The number of hydrogen-bond acceptors (Lipinski definition) is 10. The summed E-state index contributed by atoms with van der Waals surface area (Å²) < 4.78 is 71.7. The van der Waals surface area contributed by atoms with Gasteiger partial charge in [-0.3, -0.25) is 9.59 Å². The van der Waals surface area contributed by atoms with E-state index in [0.29, 0.717) is 11.1 Å². The molecule has 0 radical (unpaired) electrons. The van der Waals surface area contributed by atoms with Crippen LogP contribution in [0.4, 0.5) is 22.7 Å². The summed E-state index contributed by atoms with van der Waals surface area (Å²) in [6.07, 6.45) is 0. The van der Waals surface area contributed by atoms with Gasteiger partial charge in [-0.25, -0.2) is 16.8 Å². The molecule has 204 valence electrons. The molecule has 0 saturated carbocycles. The van der Waals surface area contributed by atoms with E-state index in [4.69, 9.17) is 0 Å². The van der Waals surface area contributed by atoms with Crippen LogP contribution in [0.2, 0.25) is 0 Å². The third-order valence-electron chi connectivity index (χ3n) is 6.43. The summed E-state index contributed by atoms with van der Waals surface area (Å²) >= 11 is 0. The first kappa shape index (κ1) is 31.2. The van der Waals surface area contributed by atoms with E-state index in [-0.39, 0.29) is 93.9 Å². The predicted octanol–water partition coefficient (Wildman–Crippen LogP) is 3.99. The molecule has 0 fully saturated rings. The molecule has 4 aromatic carbocycles. The van der Waals surface area contributed by atoms with Gasteiger partial charge in [-0.15, -0.1) is 0 Å². The summed E-state index contributed by atoms with van der Waals surface area (Å²) in [6, 6.07) is 17.2. The monoisotopic (exact) mass is 714 g/mol. The van der Waals surface area contributed by atoms with Crippen molar-refractivity contribution in [3.63, 3.8) is 0 Å². The SMILES string of the molecule is Cc1ccc(Nc2ccc(Nc3ccc(C)cc3S(=O)(=O)[O-])c3c2C(=O)c2ccccc2C3=O)c(S(=O)(=O)[O-])c1.[Ba+2]. The summed E-state index contributed by atoms with van der Waals surface area (Å²) in [5.41, 5.74) is 0.905. The summed E-state index contributed by atoms with van der Waals surface area (Å²) in [4.78, 5) is 26.4. The van der Waals surface area contributed by atoms with Gasteiger partial charge < -0.3 is 19.7 Å². The number of anilines is 4. The summed E-state index contributed by atoms with van der Waals surface area (Å²) in [5, 5.41) is 5.65. The van der Waals surface area contributed by atoms with Crippen LogP contribution in [0.1, 0.15) is 43.0 Å². The number of ketones is 2. The van der Waals surface area contributed by atoms with E-state index < -0.39 is 41.6 Å². The van der Waals surface area contributed by atoms with Gasteiger partial charge in [0.2, 0.25) is 0 Å². The number of rotatable bonds is 6. The predicted molar refractivity (Wildman–Crippen MR) is 150 cm³/mol. The number of nitrogens with one attached hydrogen (secondary N) is 2. The Bertz CT molecular complexity index is 1830. The Morgan fingerprint density at radius 3 is 1.24 bits per heavy atom. The average molecular weight is 714 g/mol. The van der Waals surface area contributed by atoms with Crippen LogP contribution in [0.15, 0.2) is 82.6 Å². The molecule has 41 heavy (non-hydrogen) atoms. The number of aryl methyl sites for hydroxylation is 2. The third kappa shape index (κ3) is 6.07. The van der Waals surface area contributed by atoms with Crippen molar-refractivity contribution >= 4 is 103 Å². The molecule has 1 aliphatic carbocycles. The van der Waals surface area contributed by atoms with Gasteiger partial charge in [-0.1, -0.05) is 36.4 Å². The summed E-state index contributed by atoms with van der Waals surface area (Å²) in [5.74, 6) is -1.12. The van der Waals surface area contributed by atoms with Crippen molar-refractivity contribution in [1.29, 1.82) is 0 Å². The minimum atomic E-state index is -4.90. The first-order valence-corrected chi connectivity index (χ1v) is 14.6. The molecular formula is C28H20BaN2O8S2. The van der Waals surface area contributed by atoms with Crippen LogP contribution in [0.3, 0.4) is 0 Å².